The molecule has 0 amide bonds. The second kappa shape index (κ2) is 7.83. The maximum Gasteiger partial charge on any atom is 0.214 e. The molecule has 1 aromatic carbocycles. The number of ether oxygens (including phenoxy) is 1. The lowest BCUT2D eigenvalue weighted by Crippen LogP contribution is -2.04. The number of methoxy groups -OCH3 is 1. The molecule has 1 unspecified atom stereocenters. The first kappa shape index (κ1) is 15.6. The minimum Gasteiger partial charge on any atom is -0.494 e. The van der Waals surface area contributed by atoms with Gasteiger partial charge in [0.25, 0.3) is 0 Å². The normalized spacial score (nSPS) is 12.1. The maximum absolute atomic E-state index is 5.37. The average molecular weight is 304 g/mol. The van der Waals surface area contributed by atoms with Crippen LogP contribution in [0.1, 0.15) is 26.2 Å². The molecule has 112 valence electrons. The van der Waals surface area contributed by atoms with Gasteiger partial charge >= 0.3 is 0 Å². The molecule has 0 fully saturated rings. The molecule has 6 heteroatoms. The highest BCUT2D eigenvalue weighted by Crippen LogP contribution is 2.29. The lowest BCUT2D eigenvalue weighted by atomic mass is 10.2. The molecule has 0 aliphatic rings. The van der Waals surface area contributed by atoms with E-state index >= 15 is 0 Å². The van der Waals surface area contributed by atoms with Crippen LogP contribution in [-0.4, -0.2) is 32.6 Å². The maximum atomic E-state index is 5.37. The SMILES string of the molecule is C=CCCCC(C)Sc1nnnn1-c1ccccc1OC. The van der Waals surface area contributed by atoms with Gasteiger partial charge in [-0.2, -0.15) is 4.68 Å². The second-order valence-electron chi connectivity index (χ2n) is 4.69. The van der Waals surface area contributed by atoms with Gasteiger partial charge < -0.3 is 4.74 Å². The largest absolute Gasteiger partial charge is 0.494 e. The third-order valence-electron chi connectivity index (χ3n) is 3.08. The molecule has 0 saturated carbocycles. The molecule has 2 rings (SSSR count). The number of thioether (sulfide) groups is 1. The Morgan fingerprint density at radius 3 is 3.00 bits per heavy atom. The summed E-state index contributed by atoms with van der Waals surface area (Å²) in [6.45, 7) is 5.94. The van der Waals surface area contributed by atoms with Gasteiger partial charge in [-0.1, -0.05) is 36.9 Å². The van der Waals surface area contributed by atoms with Gasteiger partial charge in [0.05, 0.1) is 7.11 Å². The number of hydrogen-bond donors (Lipinski definition) is 0. The van der Waals surface area contributed by atoms with Gasteiger partial charge in [-0.25, -0.2) is 0 Å². The van der Waals surface area contributed by atoms with Crippen molar-refractivity contribution >= 4 is 11.8 Å². The van der Waals surface area contributed by atoms with Crippen LogP contribution in [0.4, 0.5) is 0 Å². The summed E-state index contributed by atoms with van der Waals surface area (Å²) in [5.74, 6) is 0.756. The summed E-state index contributed by atoms with van der Waals surface area (Å²) in [5.41, 5.74) is 0.853. The topological polar surface area (TPSA) is 52.8 Å². The highest BCUT2D eigenvalue weighted by molar-refractivity contribution is 7.99. The van der Waals surface area contributed by atoms with Crippen LogP contribution < -0.4 is 4.74 Å². The van der Waals surface area contributed by atoms with Crippen molar-refractivity contribution in [3.05, 3.63) is 36.9 Å². The molecular weight excluding hydrogens is 284 g/mol. The molecule has 1 atom stereocenters. The van der Waals surface area contributed by atoms with Gasteiger partial charge in [0.15, 0.2) is 0 Å². The molecular formula is C15H20N4OS. The van der Waals surface area contributed by atoms with Gasteiger partial charge in [0, 0.05) is 5.25 Å². The van der Waals surface area contributed by atoms with Crippen LogP contribution in [0.3, 0.4) is 0 Å². The molecule has 5 nitrogen and oxygen atoms in total. The Balaban J connectivity index is 2.13. The van der Waals surface area contributed by atoms with Crippen molar-refractivity contribution in [2.75, 3.05) is 7.11 Å². The van der Waals surface area contributed by atoms with Crippen molar-refractivity contribution in [3.8, 4) is 11.4 Å². The zero-order chi connectivity index (χ0) is 15.1. The lowest BCUT2D eigenvalue weighted by Gasteiger charge is -2.12. The van der Waals surface area contributed by atoms with Gasteiger partial charge in [0.1, 0.15) is 11.4 Å². The van der Waals surface area contributed by atoms with Crippen molar-refractivity contribution in [1.82, 2.24) is 20.2 Å². The Labute approximate surface area is 129 Å². The van der Waals surface area contributed by atoms with E-state index in [1.165, 1.54) is 0 Å². The molecule has 0 spiro atoms. The molecule has 21 heavy (non-hydrogen) atoms. The summed E-state index contributed by atoms with van der Waals surface area (Å²) in [6.07, 6.45) is 5.24. The molecule has 1 heterocycles. The minimum absolute atomic E-state index is 0.449. The number of allylic oxidation sites excluding steroid dienone is 1. The summed E-state index contributed by atoms with van der Waals surface area (Å²) >= 11 is 1.68. The van der Waals surface area contributed by atoms with E-state index in [9.17, 15) is 0 Å². The zero-order valence-electron chi connectivity index (χ0n) is 12.4. The van der Waals surface area contributed by atoms with E-state index in [2.05, 4.69) is 29.0 Å². The monoisotopic (exact) mass is 304 g/mol. The van der Waals surface area contributed by atoms with Gasteiger partial charge in [-0.05, 0) is 41.8 Å². The van der Waals surface area contributed by atoms with E-state index < -0.39 is 0 Å². The summed E-state index contributed by atoms with van der Waals surface area (Å²) in [5, 5.41) is 13.2. The number of benzene rings is 1. The molecule has 0 N–H and O–H groups in total. The fourth-order valence-corrected chi connectivity index (χ4v) is 2.96. The van der Waals surface area contributed by atoms with Crippen LogP contribution >= 0.6 is 11.8 Å². The number of nitrogens with zero attached hydrogens (tertiary/aromatic N) is 4. The molecule has 0 bridgehead atoms. The number of tetrazole rings is 1. The number of rotatable bonds is 8. The van der Waals surface area contributed by atoms with Crippen molar-refractivity contribution < 1.29 is 4.74 Å². The smallest absolute Gasteiger partial charge is 0.214 e. The minimum atomic E-state index is 0.449. The molecule has 2 aromatic rings. The first-order chi connectivity index (χ1) is 10.3. The Morgan fingerprint density at radius 1 is 1.43 bits per heavy atom. The van der Waals surface area contributed by atoms with E-state index in [1.54, 1.807) is 23.6 Å². The van der Waals surface area contributed by atoms with Crippen molar-refractivity contribution in [2.24, 2.45) is 0 Å². The Hall–Kier alpha value is -1.82. The van der Waals surface area contributed by atoms with Crippen molar-refractivity contribution in [1.29, 1.82) is 0 Å². The van der Waals surface area contributed by atoms with Crippen molar-refractivity contribution in [3.63, 3.8) is 0 Å². The predicted octanol–water partition coefficient (Wildman–Crippen LogP) is 3.51. The highest BCUT2D eigenvalue weighted by atomic mass is 32.2. The molecule has 1 aromatic heterocycles. The average Bonchev–Trinajstić information content (AvgIpc) is 2.95. The zero-order valence-corrected chi connectivity index (χ0v) is 13.2. The van der Waals surface area contributed by atoms with Gasteiger partial charge in [-0.3, -0.25) is 0 Å². The number of hydrogen-bond acceptors (Lipinski definition) is 5. The van der Waals surface area contributed by atoms with Crippen LogP contribution in [0, 0.1) is 0 Å². The second-order valence-corrected chi connectivity index (χ2v) is 6.10. The van der Waals surface area contributed by atoms with Gasteiger partial charge in [-0.15, -0.1) is 11.7 Å². The van der Waals surface area contributed by atoms with E-state index in [4.69, 9.17) is 4.74 Å². The Kier molecular flexibility index (Phi) is 5.80. The first-order valence-corrected chi connectivity index (χ1v) is 7.83. The first-order valence-electron chi connectivity index (χ1n) is 6.95. The molecule has 0 radical (unpaired) electrons. The molecule has 0 aliphatic heterocycles. The summed E-state index contributed by atoms with van der Waals surface area (Å²) < 4.78 is 7.10. The van der Waals surface area contributed by atoms with Gasteiger partial charge in [0.2, 0.25) is 5.16 Å². The Bertz CT molecular complexity index is 585. The van der Waals surface area contributed by atoms with Crippen LogP contribution in [-0.2, 0) is 0 Å². The number of para-hydroxylation sites is 2. The van der Waals surface area contributed by atoms with Crippen molar-refractivity contribution in [2.45, 2.75) is 36.6 Å². The summed E-state index contributed by atoms with van der Waals surface area (Å²) in [6, 6.07) is 7.72. The Morgan fingerprint density at radius 2 is 2.24 bits per heavy atom. The van der Waals surface area contributed by atoms with E-state index in [-0.39, 0.29) is 0 Å². The van der Waals surface area contributed by atoms with Crippen LogP contribution in [0.2, 0.25) is 0 Å². The summed E-state index contributed by atoms with van der Waals surface area (Å²) in [7, 11) is 1.65. The van der Waals surface area contributed by atoms with E-state index in [0.717, 1.165) is 35.9 Å². The third-order valence-corrected chi connectivity index (χ3v) is 4.18. The number of aromatic nitrogens is 4. The third kappa shape index (κ3) is 4.07. The number of unbranched alkanes of at least 4 members (excludes halogenated alkanes) is 1. The molecule has 0 saturated heterocycles. The lowest BCUT2D eigenvalue weighted by molar-refractivity contribution is 0.410. The van der Waals surface area contributed by atoms with Crippen LogP contribution in [0.15, 0.2) is 42.1 Å². The quantitative estimate of drug-likeness (QED) is 0.424. The molecule has 0 aliphatic carbocycles. The standard InChI is InChI=1S/C15H20N4OS/c1-4-5-6-9-12(2)21-15-16-17-18-19(15)13-10-7-8-11-14(13)20-3/h4,7-8,10-12H,1,5-6,9H2,2-3H3. The van der Waals surface area contributed by atoms with Crippen LogP contribution in [0.5, 0.6) is 5.75 Å². The predicted molar refractivity (Wildman–Crippen MR) is 85.1 cm³/mol. The fraction of sp³-hybridized carbons (Fsp3) is 0.400. The highest BCUT2D eigenvalue weighted by Gasteiger charge is 2.15. The fourth-order valence-electron chi connectivity index (χ4n) is 2.00. The van der Waals surface area contributed by atoms with Crippen LogP contribution in [0.25, 0.3) is 5.69 Å². The van der Waals surface area contributed by atoms with E-state index in [0.29, 0.717) is 5.25 Å². The van der Waals surface area contributed by atoms with E-state index in [1.807, 2.05) is 30.3 Å². The summed E-state index contributed by atoms with van der Waals surface area (Å²) in [4.78, 5) is 0.